The molecule has 0 spiro atoms. The van der Waals surface area contributed by atoms with Crippen molar-refractivity contribution in [2.24, 2.45) is 5.92 Å². The molecule has 2 aromatic rings. The fraction of sp³-hybridized carbons (Fsp3) is 0.632. The predicted molar refractivity (Wildman–Crippen MR) is 96.4 cm³/mol. The van der Waals surface area contributed by atoms with E-state index in [-0.39, 0.29) is 23.8 Å². The van der Waals surface area contributed by atoms with Crippen molar-refractivity contribution in [3.05, 3.63) is 17.8 Å². The Morgan fingerprint density at radius 1 is 1.40 bits per heavy atom. The summed E-state index contributed by atoms with van der Waals surface area (Å²) in [6, 6.07) is 3.89. The first kappa shape index (κ1) is 16.5. The second kappa shape index (κ2) is 5.53. The first-order chi connectivity index (χ1) is 11.8. The minimum atomic E-state index is -0.934. The number of aryl methyl sites for hydroxylation is 1. The van der Waals surface area contributed by atoms with Gasteiger partial charge in [-0.2, -0.15) is 0 Å². The van der Waals surface area contributed by atoms with E-state index in [0.717, 1.165) is 42.5 Å². The topological polar surface area (TPSA) is 80.0 Å². The van der Waals surface area contributed by atoms with E-state index in [1.54, 1.807) is 6.92 Å². The number of carbonyl (C=O) groups is 1. The molecule has 4 rings (SSSR count). The van der Waals surface area contributed by atoms with Crippen LogP contribution in [-0.4, -0.2) is 31.1 Å². The number of pyridine rings is 1. The number of carbonyl (C=O) groups excluding carboxylic acids is 1. The van der Waals surface area contributed by atoms with Crippen LogP contribution in [-0.2, 0) is 10.3 Å². The molecule has 0 unspecified atom stereocenters. The van der Waals surface area contributed by atoms with Gasteiger partial charge >= 0.3 is 0 Å². The van der Waals surface area contributed by atoms with Crippen molar-refractivity contribution < 1.29 is 9.90 Å². The highest BCUT2D eigenvalue weighted by Gasteiger charge is 2.42. The number of nitrogens with zero attached hydrogens (tertiary/aromatic N) is 3. The maximum atomic E-state index is 12.5. The van der Waals surface area contributed by atoms with Gasteiger partial charge in [0.05, 0.1) is 12.0 Å². The molecule has 1 amide bonds. The summed E-state index contributed by atoms with van der Waals surface area (Å²) in [5.74, 6) is 0.602. The molecule has 2 aliphatic carbocycles. The summed E-state index contributed by atoms with van der Waals surface area (Å²) in [5.41, 5.74) is 1.56. The molecule has 2 heterocycles. The normalized spacial score (nSPS) is 21.6. The number of amides is 1. The molecule has 0 saturated heterocycles. The molecular weight excluding hydrogens is 316 g/mol. The van der Waals surface area contributed by atoms with Gasteiger partial charge in [-0.1, -0.05) is 0 Å². The Bertz CT molecular complexity index is 831. The number of hydrogen-bond acceptors (Lipinski definition) is 4. The highest BCUT2D eigenvalue weighted by Crippen LogP contribution is 2.43. The second-order valence-corrected chi connectivity index (χ2v) is 8.27. The molecule has 1 atom stereocenters. The van der Waals surface area contributed by atoms with Crippen LogP contribution in [0.5, 0.6) is 0 Å². The van der Waals surface area contributed by atoms with Crippen LogP contribution in [0.2, 0.25) is 0 Å². The average Bonchev–Trinajstić information content (AvgIpc) is 3.28. The third-order valence-corrected chi connectivity index (χ3v) is 5.84. The van der Waals surface area contributed by atoms with Gasteiger partial charge in [-0.3, -0.25) is 14.7 Å². The Balaban J connectivity index is 1.66. The number of anilines is 1. The van der Waals surface area contributed by atoms with Crippen molar-refractivity contribution in [1.29, 1.82) is 0 Å². The maximum Gasteiger partial charge on any atom is 0.229 e. The summed E-state index contributed by atoms with van der Waals surface area (Å²) in [5, 5.41) is 13.4. The van der Waals surface area contributed by atoms with Gasteiger partial charge < -0.3 is 5.11 Å². The molecule has 2 aliphatic rings. The van der Waals surface area contributed by atoms with Gasteiger partial charge in [-0.25, -0.2) is 9.97 Å². The van der Waals surface area contributed by atoms with E-state index >= 15 is 0 Å². The van der Waals surface area contributed by atoms with Crippen LogP contribution in [0, 0.1) is 12.8 Å². The van der Waals surface area contributed by atoms with Gasteiger partial charge in [0.1, 0.15) is 5.52 Å². The Morgan fingerprint density at radius 2 is 2.12 bits per heavy atom. The fourth-order valence-electron chi connectivity index (χ4n) is 3.90. The van der Waals surface area contributed by atoms with Crippen LogP contribution in [0.4, 0.5) is 5.95 Å². The van der Waals surface area contributed by atoms with Crippen LogP contribution in [0.3, 0.4) is 0 Å². The predicted octanol–water partition coefficient (Wildman–Crippen LogP) is 3.13. The molecule has 25 heavy (non-hydrogen) atoms. The molecule has 2 N–H and O–H groups in total. The lowest BCUT2D eigenvalue weighted by molar-refractivity contribution is -0.121. The number of nitrogens with one attached hydrogen (secondary N) is 1. The summed E-state index contributed by atoms with van der Waals surface area (Å²) in [6.45, 7) is 5.91. The van der Waals surface area contributed by atoms with E-state index in [9.17, 15) is 9.90 Å². The average molecular weight is 342 g/mol. The van der Waals surface area contributed by atoms with E-state index in [1.807, 2.05) is 19.1 Å². The first-order valence-electron chi connectivity index (χ1n) is 9.17. The minimum absolute atomic E-state index is 0.0584. The van der Waals surface area contributed by atoms with Gasteiger partial charge in [-0.05, 0) is 70.9 Å². The molecular formula is C19H26N4O2. The third-order valence-electron chi connectivity index (χ3n) is 5.84. The standard InChI is InChI=1S/C19H26N4O2/c1-12-5-8-14-16(20-12)23(18(2)9-4-10-18)17(21-14)22-15(24)11-19(3,25)13-6-7-13/h5,8,13,25H,4,6-7,9-11H2,1-3H3,(H,21,22,24)/t19-/m1/s1. The smallest absolute Gasteiger partial charge is 0.229 e. The quantitative estimate of drug-likeness (QED) is 0.875. The van der Waals surface area contributed by atoms with Crippen LogP contribution < -0.4 is 5.32 Å². The maximum absolute atomic E-state index is 12.5. The minimum Gasteiger partial charge on any atom is -0.389 e. The fourth-order valence-corrected chi connectivity index (χ4v) is 3.90. The number of hydrogen-bond donors (Lipinski definition) is 2. The van der Waals surface area contributed by atoms with Gasteiger partial charge in [0.2, 0.25) is 11.9 Å². The molecule has 0 aromatic carbocycles. The van der Waals surface area contributed by atoms with E-state index in [2.05, 4.69) is 26.8 Å². The molecule has 6 heteroatoms. The van der Waals surface area contributed by atoms with Gasteiger partial charge in [0.25, 0.3) is 0 Å². The third kappa shape index (κ3) is 2.92. The lowest BCUT2D eigenvalue weighted by atomic mass is 9.78. The van der Waals surface area contributed by atoms with Gasteiger partial charge in [-0.15, -0.1) is 0 Å². The summed E-state index contributed by atoms with van der Waals surface area (Å²) in [4.78, 5) is 21.8. The molecule has 2 fully saturated rings. The van der Waals surface area contributed by atoms with Crippen molar-refractivity contribution >= 4 is 23.0 Å². The number of aliphatic hydroxyl groups is 1. The summed E-state index contributed by atoms with van der Waals surface area (Å²) in [6.07, 6.45) is 5.38. The largest absolute Gasteiger partial charge is 0.389 e. The number of imidazole rings is 1. The van der Waals surface area contributed by atoms with Crippen molar-refractivity contribution in [2.45, 2.75) is 70.4 Å². The Labute approximate surface area is 147 Å². The number of fused-ring (bicyclic) bond motifs is 1. The van der Waals surface area contributed by atoms with Crippen molar-refractivity contribution in [2.75, 3.05) is 5.32 Å². The molecule has 0 aliphatic heterocycles. The summed E-state index contributed by atoms with van der Waals surface area (Å²) >= 11 is 0. The zero-order valence-electron chi connectivity index (χ0n) is 15.2. The van der Waals surface area contributed by atoms with Crippen molar-refractivity contribution in [3.8, 4) is 0 Å². The first-order valence-corrected chi connectivity index (χ1v) is 9.17. The van der Waals surface area contributed by atoms with Crippen LogP contribution in [0.25, 0.3) is 11.2 Å². The number of rotatable bonds is 5. The molecule has 6 nitrogen and oxygen atoms in total. The number of aromatic nitrogens is 3. The van der Waals surface area contributed by atoms with Crippen LogP contribution in [0.1, 0.15) is 58.1 Å². The zero-order chi connectivity index (χ0) is 17.8. The van der Waals surface area contributed by atoms with Crippen LogP contribution >= 0.6 is 0 Å². The Kier molecular flexibility index (Phi) is 3.65. The van der Waals surface area contributed by atoms with Crippen molar-refractivity contribution in [3.63, 3.8) is 0 Å². The van der Waals surface area contributed by atoms with E-state index < -0.39 is 5.60 Å². The van der Waals surface area contributed by atoms with E-state index in [4.69, 9.17) is 0 Å². The highest BCUT2D eigenvalue weighted by atomic mass is 16.3. The van der Waals surface area contributed by atoms with Crippen LogP contribution in [0.15, 0.2) is 12.1 Å². The zero-order valence-corrected chi connectivity index (χ0v) is 15.2. The molecule has 134 valence electrons. The molecule has 2 aromatic heterocycles. The highest BCUT2D eigenvalue weighted by molar-refractivity contribution is 5.91. The van der Waals surface area contributed by atoms with Gasteiger partial charge in [0, 0.05) is 11.2 Å². The van der Waals surface area contributed by atoms with Gasteiger partial charge in [0.15, 0.2) is 5.65 Å². The summed E-state index contributed by atoms with van der Waals surface area (Å²) < 4.78 is 2.09. The SMILES string of the molecule is Cc1ccc2nc(NC(=O)C[C@@](C)(O)C3CC3)n(C3(C)CCC3)c2n1. The van der Waals surface area contributed by atoms with Crippen molar-refractivity contribution in [1.82, 2.24) is 14.5 Å². The monoisotopic (exact) mass is 342 g/mol. The summed E-state index contributed by atoms with van der Waals surface area (Å²) in [7, 11) is 0. The Hall–Kier alpha value is -1.95. The molecule has 0 radical (unpaired) electrons. The Morgan fingerprint density at radius 3 is 2.72 bits per heavy atom. The molecule has 0 bridgehead atoms. The second-order valence-electron chi connectivity index (χ2n) is 8.27. The lowest BCUT2D eigenvalue weighted by Gasteiger charge is -2.40. The molecule has 2 saturated carbocycles. The van der Waals surface area contributed by atoms with E-state index in [1.165, 1.54) is 6.42 Å². The van der Waals surface area contributed by atoms with E-state index in [0.29, 0.717) is 5.95 Å². The lowest BCUT2D eigenvalue weighted by Crippen LogP contribution is -2.39.